The van der Waals surface area contributed by atoms with E-state index in [9.17, 15) is 0 Å². The van der Waals surface area contributed by atoms with Crippen molar-refractivity contribution in [1.82, 2.24) is 0 Å². The van der Waals surface area contributed by atoms with Gasteiger partial charge in [0.05, 0.1) is 0 Å². The second-order valence-corrected chi connectivity index (χ2v) is 10.1. The summed E-state index contributed by atoms with van der Waals surface area (Å²) >= 11 is -0.544. The van der Waals surface area contributed by atoms with Gasteiger partial charge in [-0.1, -0.05) is 0 Å². The molecule has 106 valence electrons. The summed E-state index contributed by atoms with van der Waals surface area (Å²) < 4.78 is 3.75. The van der Waals surface area contributed by atoms with Gasteiger partial charge in [0.25, 0.3) is 0 Å². The SMILES string of the molecule is CC1=C(C)C(C)[C]([Zr][C]2=C(C3CCCC3)C=CC2)=C1C. The van der Waals surface area contributed by atoms with Crippen molar-refractivity contribution in [3.05, 3.63) is 41.0 Å². The molecule has 1 heteroatoms. The van der Waals surface area contributed by atoms with Gasteiger partial charge in [-0.05, 0) is 0 Å². The van der Waals surface area contributed by atoms with Gasteiger partial charge < -0.3 is 0 Å². The van der Waals surface area contributed by atoms with E-state index in [1.165, 1.54) is 32.1 Å². The first-order chi connectivity index (χ1) is 9.59. The van der Waals surface area contributed by atoms with Gasteiger partial charge >= 0.3 is 136 Å². The Morgan fingerprint density at radius 1 is 1.05 bits per heavy atom. The van der Waals surface area contributed by atoms with E-state index in [4.69, 9.17) is 0 Å². The van der Waals surface area contributed by atoms with Crippen LogP contribution in [0.15, 0.2) is 41.0 Å². The van der Waals surface area contributed by atoms with Gasteiger partial charge in [-0.25, -0.2) is 0 Å². The van der Waals surface area contributed by atoms with Crippen LogP contribution < -0.4 is 0 Å². The summed E-state index contributed by atoms with van der Waals surface area (Å²) in [5, 5.41) is 0. The van der Waals surface area contributed by atoms with Crippen LogP contribution in [0.2, 0.25) is 0 Å². The summed E-state index contributed by atoms with van der Waals surface area (Å²) in [7, 11) is 0. The molecular weight excluding hydrogens is 319 g/mol. The molecule has 0 aromatic heterocycles. The Labute approximate surface area is 135 Å². The molecule has 0 spiro atoms. The normalized spacial score (nSPS) is 27.5. The van der Waals surface area contributed by atoms with Gasteiger partial charge in [-0.3, -0.25) is 0 Å². The van der Waals surface area contributed by atoms with E-state index in [1.807, 2.05) is 6.56 Å². The average Bonchev–Trinajstić information content (AvgIpc) is 3.14. The molecule has 3 aliphatic carbocycles. The quantitative estimate of drug-likeness (QED) is 0.612. The van der Waals surface area contributed by atoms with Crippen molar-refractivity contribution in [3.63, 3.8) is 0 Å². The fourth-order valence-corrected chi connectivity index (χ4v) is 8.38. The van der Waals surface area contributed by atoms with Crippen LogP contribution in [0.25, 0.3) is 0 Å². The number of hydrogen-bond donors (Lipinski definition) is 0. The molecule has 0 amide bonds. The van der Waals surface area contributed by atoms with Crippen molar-refractivity contribution in [2.75, 3.05) is 0 Å². The molecule has 1 atom stereocenters. The van der Waals surface area contributed by atoms with E-state index >= 15 is 0 Å². The predicted octanol–water partition coefficient (Wildman–Crippen LogP) is 5.73. The Hall–Kier alpha value is -0.157. The first-order valence-corrected chi connectivity index (χ1v) is 10.6. The van der Waals surface area contributed by atoms with E-state index in [0.717, 1.165) is 11.8 Å². The van der Waals surface area contributed by atoms with E-state index in [-0.39, 0.29) is 0 Å². The Bertz CT molecular complexity index is 536. The Morgan fingerprint density at radius 2 is 1.75 bits per heavy atom. The third-order valence-corrected chi connectivity index (χ3v) is 10.3. The van der Waals surface area contributed by atoms with Crippen molar-refractivity contribution in [2.45, 2.75) is 59.8 Å². The van der Waals surface area contributed by atoms with Gasteiger partial charge in [-0.15, -0.1) is 0 Å². The molecule has 0 aromatic rings. The van der Waals surface area contributed by atoms with Crippen LogP contribution in [-0.4, -0.2) is 0 Å². The van der Waals surface area contributed by atoms with Crippen LogP contribution in [-0.2, 0) is 23.2 Å². The van der Waals surface area contributed by atoms with Gasteiger partial charge in [0.15, 0.2) is 0 Å². The average molecular weight is 346 g/mol. The molecule has 0 aliphatic heterocycles. The van der Waals surface area contributed by atoms with Crippen molar-refractivity contribution in [3.8, 4) is 0 Å². The van der Waals surface area contributed by atoms with Crippen LogP contribution in [0.1, 0.15) is 59.8 Å². The fraction of sp³-hybridized carbons (Fsp3) is 0.579. The van der Waals surface area contributed by atoms with Gasteiger partial charge in [0.1, 0.15) is 0 Å². The van der Waals surface area contributed by atoms with Crippen LogP contribution in [0.4, 0.5) is 0 Å². The van der Waals surface area contributed by atoms with Crippen molar-refractivity contribution in [2.24, 2.45) is 11.8 Å². The summed E-state index contributed by atoms with van der Waals surface area (Å²) in [6.45, 7) is 9.47. The number of rotatable bonds is 3. The van der Waals surface area contributed by atoms with Crippen LogP contribution >= 0.6 is 0 Å². The molecular formula is C19H26Zr. The minimum atomic E-state index is -0.544. The maximum absolute atomic E-state index is 2.48. The second kappa shape index (κ2) is 5.92. The molecule has 0 radical (unpaired) electrons. The van der Waals surface area contributed by atoms with E-state index in [2.05, 4.69) is 39.8 Å². The van der Waals surface area contributed by atoms with E-state index in [0.29, 0.717) is 0 Å². The van der Waals surface area contributed by atoms with Gasteiger partial charge in [0.2, 0.25) is 0 Å². The first-order valence-electron chi connectivity index (χ1n) is 8.14. The first kappa shape index (κ1) is 14.8. The maximum atomic E-state index is 2.48. The molecule has 3 aliphatic rings. The number of hydrogen-bond acceptors (Lipinski definition) is 0. The summed E-state index contributed by atoms with van der Waals surface area (Å²) in [4.78, 5) is 0. The van der Waals surface area contributed by atoms with E-state index in [1.54, 1.807) is 22.3 Å². The monoisotopic (exact) mass is 344 g/mol. The van der Waals surface area contributed by atoms with Gasteiger partial charge in [-0.2, -0.15) is 0 Å². The summed E-state index contributed by atoms with van der Waals surface area (Å²) in [5.74, 6) is 1.65. The predicted molar refractivity (Wildman–Crippen MR) is 83.0 cm³/mol. The van der Waals surface area contributed by atoms with Crippen LogP contribution in [0.3, 0.4) is 0 Å². The zero-order valence-corrected chi connectivity index (χ0v) is 15.8. The molecule has 1 unspecified atom stereocenters. The Balaban J connectivity index is 1.83. The summed E-state index contributed by atoms with van der Waals surface area (Å²) in [5.41, 5.74) is 6.64. The van der Waals surface area contributed by atoms with Crippen molar-refractivity contribution < 1.29 is 23.2 Å². The molecule has 3 rings (SSSR count). The Morgan fingerprint density at radius 3 is 2.35 bits per heavy atom. The minimum absolute atomic E-state index is 0.544. The molecule has 0 saturated heterocycles. The van der Waals surface area contributed by atoms with Crippen molar-refractivity contribution in [1.29, 1.82) is 0 Å². The summed E-state index contributed by atoms with van der Waals surface area (Å²) in [6.07, 6.45) is 12.0. The molecule has 1 fully saturated rings. The standard InChI is InChI=1S/C10H13.C9H13.Zr/c1-2-6-9(5-1)10-7-3-4-8-10;1-6-5-7(2)9(4)8(6)3;/h1,5,10H,2-4,7-8H2;6H,1-4H3;. The molecule has 1 saturated carbocycles. The van der Waals surface area contributed by atoms with E-state index < -0.39 is 23.2 Å². The number of allylic oxidation sites excluding steroid dienone is 8. The topological polar surface area (TPSA) is 0 Å². The molecule has 0 heterocycles. The third-order valence-electron chi connectivity index (χ3n) is 5.69. The zero-order chi connectivity index (χ0) is 14.3. The molecule has 0 aromatic carbocycles. The zero-order valence-electron chi connectivity index (χ0n) is 13.3. The fourth-order valence-electron chi connectivity index (χ4n) is 3.99. The van der Waals surface area contributed by atoms with Crippen LogP contribution in [0, 0.1) is 11.8 Å². The molecule has 0 N–H and O–H groups in total. The molecule has 0 nitrogen and oxygen atoms in total. The molecule has 20 heavy (non-hydrogen) atoms. The Kier molecular flexibility index (Phi) is 4.37. The third kappa shape index (κ3) is 2.52. The molecule has 0 bridgehead atoms. The van der Waals surface area contributed by atoms with Crippen molar-refractivity contribution >= 4 is 0 Å². The summed E-state index contributed by atoms with van der Waals surface area (Å²) in [6, 6.07) is 0. The van der Waals surface area contributed by atoms with Gasteiger partial charge in [0, 0.05) is 0 Å². The second-order valence-electron chi connectivity index (χ2n) is 6.72. The van der Waals surface area contributed by atoms with Crippen LogP contribution in [0.5, 0.6) is 0 Å².